The minimum Gasteiger partial charge on any atom is -0.323 e. The molecule has 1 fully saturated rings. The van der Waals surface area contributed by atoms with Crippen molar-refractivity contribution < 1.29 is 17.6 Å². The molecule has 0 spiro atoms. The molecule has 0 unspecified atom stereocenters. The van der Waals surface area contributed by atoms with E-state index in [1.807, 2.05) is 6.92 Å². The van der Waals surface area contributed by atoms with Crippen molar-refractivity contribution in [2.75, 3.05) is 18.4 Å². The molecule has 5 nitrogen and oxygen atoms in total. The number of rotatable bonds is 4. The third-order valence-electron chi connectivity index (χ3n) is 4.59. The molecule has 1 aliphatic rings. The molecule has 0 atom stereocenters. The topological polar surface area (TPSA) is 66.5 Å². The number of carbonyl (C=O) groups excluding carboxylic acids is 1. The fraction of sp³-hybridized carbons (Fsp3) is 0.316. The highest BCUT2D eigenvalue weighted by Crippen LogP contribution is 2.25. The van der Waals surface area contributed by atoms with E-state index in [1.54, 1.807) is 42.5 Å². The predicted octanol–water partition coefficient (Wildman–Crippen LogP) is 3.17. The molecule has 1 heterocycles. The van der Waals surface area contributed by atoms with E-state index in [0.717, 1.165) is 5.56 Å². The molecule has 2 aromatic rings. The maximum Gasteiger partial charge on any atom is 0.243 e. The van der Waals surface area contributed by atoms with E-state index in [-0.39, 0.29) is 35.5 Å². The summed E-state index contributed by atoms with van der Waals surface area (Å²) in [4.78, 5) is 12.7. The minimum absolute atomic E-state index is 0.161. The maximum atomic E-state index is 13.8. The van der Waals surface area contributed by atoms with Crippen molar-refractivity contribution in [3.05, 3.63) is 59.9 Å². The Bertz CT molecular complexity index is 892. The third-order valence-corrected chi connectivity index (χ3v) is 6.50. The van der Waals surface area contributed by atoms with Crippen molar-refractivity contribution in [3.63, 3.8) is 0 Å². The monoisotopic (exact) mass is 376 g/mol. The van der Waals surface area contributed by atoms with Crippen molar-refractivity contribution in [2.45, 2.75) is 24.7 Å². The fourth-order valence-corrected chi connectivity index (χ4v) is 4.56. The number of hydrogen-bond acceptors (Lipinski definition) is 3. The summed E-state index contributed by atoms with van der Waals surface area (Å²) in [5.74, 6) is -1.09. The van der Waals surface area contributed by atoms with Crippen LogP contribution < -0.4 is 5.32 Å². The average molecular weight is 376 g/mol. The molecular formula is C19H21FN2O3S. The molecule has 3 rings (SSSR count). The van der Waals surface area contributed by atoms with Gasteiger partial charge in [0.1, 0.15) is 5.82 Å². The van der Waals surface area contributed by atoms with Gasteiger partial charge in [-0.25, -0.2) is 12.8 Å². The van der Waals surface area contributed by atoms with Crippen LogP contribution in [0.2, 0.25) is 0 Å². The maximum absolute atomic E-state index is 13.8. The number of amides is 1. The van der Waals surface area contributed by atoms with Gasteiger partial charge in [0.25, 0.3) is 0 Å². The lowest BCUT2D eigenvalue weighted by Gasteiger charge is -2.30. The first-order chi connectivity index (χ1) is 12.4. The number of carbonyl (C=O) groups is 1. The van der Waals surface area contributed by atoms with Gasteiger partial charge in [-0.1, -0.05) is 24.3 Å². The summed E-state index contributed by atoms with van der Waals surface area (Å²) < 4.78 is 40.4. The van der Waals surface area contributed by atoms with Crippen molar-refractivity contribution in [2.24, 2.45) is 5.92 Å². The first kappa shape index (κ1) is 18.5. The summed E-state index contributed by atoms with van der Waals surface area (Å²) in [6, 6.07) is 12.8. The van der Waals surface area contributed by atoms with Gasteiger partial charge in [-0.3, -0.25) is 4.79 Å². The van der Waals surface area contributed by atoms with Crippen molar-refractivity contribution in [1.82, 2.24) is 4.31 Å². The number of sulfonamides is 1. The predicted molar refractivity (Wildman–Crippen MR) is 97.7 cm³/mol. The number of anilines is 1. The summed E-state index contributed by atoms with van der Waals surface area (Å²) in [6.07, 6.45) is 0.816. The van der Waals surface area contributed by atoms with Crippen LogP contribution in [0.3, 0.4) is 0 Å². The van der Waals surface area contributed by atoms with Crippen LogP contribution in [0.15, 0.2) is 53.4 Å². The molecule has 0 saturated carbocycles. The minimum atomic E-state index is -3.54. The summed E-state index contributed by atoms with van der Waals surface area (Å²) in [7, 11) is -3.54. The van der Waals surface area contributed by atoms with Crippen LogP contribution in [0, 0.1) is 18.7 Å². The van der Waals surface area contributed by atoms with Crippen LogP contribution in [0.5, 0.6) is 0 Å². The molecule has 2 aromatic carbocycles. The van der Waals surface area contributed by atoms with Crippen LogP contribution in [0.4, 0.5) is 10.1 Å². The number of hydrogen-bond donors (Lipinski definition) is 1. The Kier molecular flexibility index (Phi) is 5.38. The van der Waals surface area contributed by atoms with Crippen LogP contribution in [-0.4, -0.2) is 31.7 Å². The SMILES string of the molecule is Cc1ccc(F)c(NC(=O)C2CCN(S(=O)(=O)c3ccccc3)CC2)c1. The lowest BCUT2D eigenvalue weighted by atomic mass is 9.97. The molecule has 1 amide bonds. The Labute approximate surface area is 152 Å². The summed E-state index contributed by atoms with van der Waals surface area (Å²) in [6.45, 7) is 2.36. The number of benzene rings is 2. The fourth-order valence-electron chi connectivity index (χ4n) is 3.07. The van der Waals surface area contributed by atoms with Gasteiger partial charge in [0, 0.05) is 19.0 Å². The first-order valence-electron chi connectivity index (χ1n) is 8.50. The van der Waals surface area contributed by atoms with E-state index >= 15 is 0 Å². The highest BCUT2D eigenvalue weighted by atomic mass is 32.2. The van der Waals surface area contributed by atoms with Crippen LogP contribution in [0.1, 0.15) is 18.4 Å². The molecule has 0 aromatic heterocycles. The zero-order valence-electron chi connectivity index (χ0n) is 14.5. The normalized spacial score (nSPS) is 16.4. The average Bonchev–Trinajstić information content (AvgIpc) is 2.65. The van der Waals surface area contributed by atoms with Gasteiger partial charge >= 0.3 is 0 Å². The van der Waals surface area contributed by atoms with Gasteiger partial charge in [-0.15, -0.1) is 0 Å². The Balaban J connectivity index is 1.63. The highest BCUT2D eigenvalue weighted by molar-refractivity contribution is 7.89. The van der Waals surface area contributed by atoms with E-state index in [9.17, 15) is 17.6 Å². The smallest absolute Gasteiger partial charge is 0.243 e. The van der Waals surface area contributed by atoms with Crippen LogP contribution >= 0.6 is 0 Å². The number of aryl methyl sites for hydroxylation is 1. The Morgan fingerprint density at radius 1 is 1.12 bits per heavy atom. The molecule has 1 saturated heterocycles. The van der Waals surface area contributed by atoms with Gasteiger partial charge in [0.15, 0.2) is 0 Å². The van der Waals surface area contributed by atoms with Gasteiger partial charge in [0.05, 0.1) is 10.6 Å². The van der Waals surface area contributed by atoms with Crippen molar-refractivity contribution >= 4 is 21.6 Å². The molecule has 1 N–H and O–H groups in total. The van der Waals surface area contributed by atoms with Crippen molar-refractivity contribution in [3.8, 4) is 0 Å². The summed E-state index contributed by atoms with van der Waals surface area (Å²) >= 11 is 0. The van der Waals surface area contributed by atoms with Gasteiger partial charge in [-0.2, -0.15) is 4.31 Å². The molecule has 1 aliphatic heterocycles. The number of nitrogens with one attached hydrogen (secondary N) is 1. The van der Waals surface area contributed by atoms with Gasteiger partial charge in [0.2, 0.25) is 15.9 Å². The second-order valence-corrected chi connectivity index (χ2v) is 8.40. The lowest BCUT2D eigenvalue weighted by Crippen LogP contribution is -2.41. The number of halogens is 1. The molecule has 26 heavy (non-hydrogen) atoms. The summed E-state index contributed by atoms with van der Waals surface area (Å²) in [5.41, 5.74) is 1.01. The summed E-state index contributed by atoms with van der Waals surface area (Å²) in [5, 5.41) is 2.62. The largest absolute Gasteiger partial charge is 0.323 e. The van der Waals surface area contributed by atoms with E-state index in [4.69, 9.17) is 0 Å². The zero-order chi connectivity index (χ0) is 18.7. The zero-order valence-corrected chi connectivity index (χ0v) is 15.3. The molecule has 138 valence electrons. The molecule has 7 heteroatoms. The standard InChI is InChI=1S/C19H21FN2O3S/c1-14-7-8-17(20)18(13-14)21-19(23)15-9-11-22(12-10-15)26(24,25)16-5-3-2-4-6-16/h2-8,13,15H,9-12H2,1H3,(H,21,23). The van der Waals surface area contributed by atoms with Crippen molar-refractivity contribution in [1.29, 1.82) is 0 Å². The van der Waals surface area contributed by atoms with E-state index in [0.29, 0.717) is 12.8 Å². The van der Waals surface area contributed by atoms with Gasteiger partial charge < -0.3 is 5.32 Å². The first-order valence-corrected chi connectivity index (χ1v) is 9.94. The highest BCUT2D eigenvalue weighted by Gasteiger charge is 2.32. The quantitative estimate of drug-likeness (QED) is 0.891. The molecule has 0 aliphatic carbocycles. The molecule has 0 bridgehead atoms. The van der Waals surface area contributed by atoms with E-state index in [1.165, 1.54) is 10.4 Å². The molecular weight excluding hydrogens is 355 g/mol. The third kappa shape index (κ3) is 3.94. The van der Waals surface area contributed by atoms with E-state index in [2.05, 4.69) is 5.32 Å². The second kappa shape index (κ2) is 7.55. The number of nitrogens with zero attached hydrogens (tertiary/aromatic N) is 1. The van der Waals surface area contributed by atoms with Crippen LogP contribution in [0.25, 0.3) is 0 Å². The van der Waals surface area contributed by atoms with Gasteiger partial charge in [-0.05, 0) is 49.6 Å². The Morgan fingerprint density at radius 2 is 1.77 bits per heavy atom. The molecule has 0 radical (unpaired) electrons. The Morgan fingerprint density at radius 3 is 2.42 bits per heavy atom. The van der Waals surface area contributed by atoms with E-state index < -0.39 is 15.8 Å². The lowest BCUT2D eigenvalue weighted by molar-refractivity contribution is -0.120. The second-order valence-electron chi connectivity index (χ2n) is 6.46. The van der Waals surface area contributed by atoms with Crippen LogP contribution in [-0.2, 0) is 14.8 Å². The Hall–Kier alpha value is -2.25. The number of piperidine rings is 1.